The van der Waals surface area contributed by atoms with Crippen molar-refractivity contribution in [1.29, 1.82) is 0 Å². The quantitative estimate of drug-likeness (QED) is 0.272. The Morgan fingerprint density at radius 1 is 0.636 bits per heavy atom. The molecule has 0 aliphatic heterocycles. The summed E-state index contributed by atoms with van der Waals surface area (Å²) in [5.74, 6) is -1.17. The second-order valence-electron chi connectivity index (χ2n) is 7.77. The van der Waals surface area contributed by atoms with Crippen molar-refractivity contribution in [2.24, 2.45) is 0 Å². The van der Waals surface area contributed by atoms with Crippen molar-refractivity contribution in [2.45, 2.75) is 77.4 Å². The van der Waals surface area contributed by atoms with Crippen molar-refractivity contribution in [2.75, 3.05) is 19.8 Å². The minimum absolute atomic E-state index is 0.342. The molecule has 0 aromatic carbocycles. The van der Waals surface area contributed by atoms with E-state index in [-0.39, 0.29) is 17.7 Å². The molecule has 0 saturated heterocycles. The zero-order valence-corrected chi connectivity index (χ0v) is 20.2. The molecule has 0 unspecified atom stereocenters. The first-order valence-electron chi connectivity index (χ1n) is 11.6. The normalized spacial score (nSPS) is 19.9. The van der Waals surface area contributed by atoms with Gasteiger partial charge in [0.1, 0.15) is 0 Å². The highest BCUT2D eigenvalue weighted by Gasteiger charge is 2.42. The average molecular weight is 466 g/mol. The minimum Gasteiger partial charge on any atom is -0.270 e. The van der Waals surface area contributed by atoms with E-state index in [1.54, 1.807) is 0 Å². The predicted molar refractivity (Wildman–Crippen MR) is 125 cm³/mol. The first kappa shape index (κ1) is 28.5. The van der Waals surface area contributed by atoms with Gasteiger partial charge in [0.2, 0.25) is 0 Å². The average Bonchev–Trinajstić information content (AvgIpc) is 2.83. The fraction of sp³-hybridized carbons (Fsp3) is 0.625. The Balaban J connectivity index is 3.37. The van der Waals surface area contributed by atoms with Gasteiger partial charge >= 0.3 is 0 Å². The molecule has 1 aliphatic rings. The Labute approximate surface area is 197 Å². The maximum atomic E-state index is 12.6. The molecule has 33 heavy (non-hydrogen) atoms. The highest BCUT2D eigenvalue weighted by atomic mass is 16.7. The van der Waals surface area contributed by atoms with Gasteiger partial charge in [0.25, 0.3) is 17.7 Å². The number of hydrogen-bond acceptors (Lipinski definition) is 6. The van der Waals surface area contributed by atoms with Gasteiger partial charge in [-0.15, -0.1) is 0 Å². The molecule has 0 N–H and O–H groups in total. The van der Waals surface area contributed by atoms with Crippen LogP contribution in [0.1, 0.15) is 59.3 Å². The van der Waals surface area contributed by atoms with Crippen LogP contribution in [-0.2, 0) is 28.9 Å². The molecule has 3 amide bonds. The molecule has 0 aromatic heterocycles. The maximum absolute atomic E-state index is 12.6. The number of carbonyl (C=O) groups excluding carboxylic acids is 3. The summed E-state index contributed by atoms with van der Waals surface area (Å²) in [6.45, 7) is 17.6. The zero-order valence-electron chi connectivity index (χ0n) is 20.2. The smallest absolute Gasteiger partial charge is 0.269 e. The van der Waals surface area contributed by atoms with Crippen LogP contribution in [-0.4, -0.2) is 70.9 Å². The van der Waals surface area contributed by atoms with E-state index in [9.17, 15) is 14.4 Å². The summed E-state index contributed by atoms with van der Waals surface area (Å²) < 4.78 is 0. The van der Waals surface area contributed by atoms with Crippen LogP contribution in [0.2, 0.25) is 0 Å². The van der Waals surface area contributed by atoms with E-state index in [1.165, 1.54) is 33.4 Å². The van der Waals surface area contributed by atoms with Crippen LogP contribution in [0.3, 0.4) is 0 Å². The SMILES string of the molecule is C=CC(=O)N(OCCC)C1CC(N(OCCC)C(=O)C=C)CC(N(OCCC)C(=O)C=C)C1. The van der Waals surface area contributed by atoms with Crippen molar-refractivity contribution in [3.8, 4) is 0 Å². The molecule has 0 aromatic rings. The fourth-order valence-corrected chi connectivity index (χ4v) is 3.69. The molecule has 9 nitrogen and oxygen atoms in total. The number of hydroxylamine groups is 6. The maximum Gasteiger partial charge on any atom is 0.269 e. The van der Waals surface area contributed by atoms with Gasteiger partial charge in [-0.05, 0) is 56.8 Å². The second-order valence-corrected chi connectivity index (χ2v) is 7.77. The van der Waals surface area contributed by atoms with E-state index in [4.69, 9.17) is 14.5 Å². The number of nitrogens with zero attached hydrogens (tertiary/aromatic N) is 3. The Hall–Kier alpha value is -2.49. The number of carbonyl (C=O) groups is 3. The molecule has 1 saturated carbocycles. The van der Waals surface area contributed by atoms with Crippen LogP contribution in [0.4, 0.5) is 0 Å². The van der Waals surface area contributed by atoms with Gasteiger partial charge in [-0.2, -0.15) is 0 Å². The minimum atomic E-state index is -0.443. The van der Waals surface area contributed by atoms with Gasteiger partial charge in [-0.3, -0.25) is 28.9 Å². The summed E-state index contributed by atoms with van der Waals surface area (Å²) in [6.07, 6.45) is 6.89. The topological polar surface area (TPSA) is 88.6 Å². The third-order valence-electron chi connectivity index (χ3n) is 5.11. The standard InChI is InChI=1S/C24H39N3O6/c1-7-13-31-25(22(28)10-4)19-16-20(26(23(29)11-5)32-14-8-2)18-21(17-19)27(24(30)12-6)33-15-9-3/h10-12,19-21H,4-9,13-18H2,1-3H3. The van der Waals surface area contributed by atoms with Crippen LogP contribution in [0.5, 0.6) is 0 Å². The Morgan fingerprint density at radius 2 is 0.879 bits per heavy atom. The molecule has 0 spiro atoms. The number of hydrogen-bond donors (Lipinski definition) is 0. The molecule has 0 radical (unpaired) electrons. The molecule has 1 fully saturated rings. The van der Waals surface area contributed by atoms with Gasteiger partial charge in [-0.25, -0.2) is 15.2 Å². The first-order valence-corrected chi connectivity index (χ1v) is 11.6. The predicted octanol–water partition coefficient (Wildman–Crippen LogP) is 3.34. The summed E-state index contributed by atoms with van der Waals surface area (Å²) in [5, 5.41) is 3.88. The molecule has 0 atom stereocenters. The molecular formula is C24H39N3O6. The lowest BCUT2D eigenvalue weighted by atomic mass is 9.86. The van der Waals surface area contributed by atoms with Gasteiger partial charge in [0.05, 0.1) is 37.9 Å². The van der Waals surface area contributed by atoms with Crippen molar-refractivity contribution in [3.05, 3.63) is 38.0 Å². The lowest BCUT2D eigenvalue weighted by Crippen LogP contribution is -2.56. The van der Waals surface area contributed by atoms with E-state index in [2.05, 4.69) is 19.7 Å². The van der Waals surface area contributed by atoms with E-state index in [0.29, 0.717) is 58.3 Å². The summed E-state index contributed by atoms with van der Waals surface area (Å²) in [4.78, 5) is 55.1. The fourth-order valence-electron chi connectivity index (χ4n) is 3.69. The van der Waals surface area contributed by atoms with Gasteiger partial charge in [0.15, 0.2) is 0 Å². The van der Waals surface area contributed by atoms with Crippen molar-refractivity contribution < 1.29 is 28.9 Å². The molecular weight excluding hydrogens is 426 g/mol. The largest absolute Gasteiger partial charge is 0.270 e. The zero-order chi connectivity index (χ0) is 24.8. The van der Waals surface area contributed by atoms with Crippen molar-refractivity contribution >= 4 is 17.7 Å². The van der Waals surface area contributed by atoms with Crippen LogP contribution >= 0.6 is 0 Å². The second kappa shape index (κ2) is 15.4. The Kier molecular flexibility index (Phi) is 13.3. The third-order valence-corrected chi connectivity index (χ3v) is 5.11. The lowest BCUT2D eigenvalue weighted by molar-refractivity contribution is -0.238. The van der Waals surface area contributed by atoms with Gasteiger partial charge in [0, 0.05) is 0 Å². The molecule has 0 heterocycles. The van der Waals surface area contributed by atoms with Crippen molar-refractivity contribution in [1.82, 2.24) is 15.2 Å². The van der Waals surface area contributed by atoms with Crippen LogP contribution < -0.4 is 0 Å². The molecule has 9 heteroatoms. The first-order chi connectivity index (χ1) is 15.9. The molecule has 0 bridgehead atoms. The number of rotatable bonds is 15. The van der Waals surface area contributed by atoms with E-state index in [0.717, 1.165) is 0 Å². The molecule has 186 valence electrons. The summed E-state index contributed by atoms with van der Waals surface area (Å²) in [6, 6.07) is -1.33. The van der Waals surface area contributed by atoms with Crippen LogP contribution in [0.15, 0.2) is 38.0 Å². The highest BCUT2D eigenvalue weighted by Crippen LogP contribution is 2.32. The van der Waals surface area contributed by atoms with E-state index < -0.39 is 18.1 Å². The van der Waals surface area contributed by atoms with Crippen LogP contribution in [0.25, 0.3) is 0 Å². The number of amides is 3. The molecule has 1 rings (SSSR count). The van der Waals surface area contributed by atoms with Crippen molar-refractivity contribution in [3.63, 3.8) is 0 Å². The third kappa shape index (κ3) is 8.42. The Morgan fingerprint density at radius 3 is 1.06 bits per heavy atom. The van der Waals surface area contributed by atoms with Gasteiger partial charge < -0.3 is 0 Å². The van der Waals surface area contributed by atoms with E-state index in [1.807, 2.05) is 20.8 Å². The summed E-state index contributed by atoms with van der Waals surface area (Å²) >= 11 is 0. The van der Waals surface area contributed by atoms with E-state index >= 15 is 0 Å². The summed E-state index contributed by atoms with van der Waals surface area (Å²) in [5.41, 5.74) is 0. The Bertz CT molecular complexity index is 587. The molecule has 1 aliphatic carbocycles. The lowest BCUT2D eigenvalue weighted by Gasteiger charge is -2.45. The van der Waals surface area contributed by atoms with Crippen LogP contribution in [0, 0.1) is 0 Å². The monoisotopic (exact) mass is 465 g/mol. The summed E-state index contributed by atoms with van der Waals surface area (Å²) in [7, 11) is 0. The van der Waals surface area contributed by atoms with Gasteiger partial charge in [-0.1, -0.05) is 40.5 Å². The highest BCUT2D eigenvalue weighted by molar-refractivity contribution is 5.87.